The van der Waals surface area contributed by atoms with E-state index in [2.05, 4.69) is 37.1 Å². The lowest BCUT2D eigenvalue weighted by molar-refractivity contribution is 0.447. The van der Waals surface area contributed by atoms with Crippen LogP contribution in [0, 0.1) is 0 Å². The third kappa shape index (κ3) is 3.36. The van der Waals surface area contributed by atoms with Gasteiger partial charge in [0.2, 0.25) is 0 Å². The average molecular weight is 270 g/mol. The summed E-state index contributed by atoms with van der Waals surface area (Å²) < 4.78 is 6.12. The van der Waals surface area contributed by atoms with E-state index >= 15 is 0 Å². The van der Waals surface area contributed by atoms with E-state index in [1.807, 2.05) is 31.3 Å². The number of para-hydroxylation sites is 1. The van der Waals surface area contributed by atoms with E-state index in [-0.39, 0.29) is 5.41 Å². The van der Waals surface area contributed by atoms with Crippen molar-refractivity contribution in [2.45, 2.75) is 32.7 Å². The normalized spacial score (nSPS) is 11.4. The second-order valence-electron chi connectivity index (χ2n) is 5.86. The van der Waals surface area contributed by atoms with Crippen LogP contribution in [0.5, 0.6) is 11.5 Å². The number of benzene rings is 1. The van der Waals surface area contributed by atoms with Crippen molar-refractivity contribution >= 4 is 0 Å². The SMILES string of the molecule is CNCc1ccncc1Oc1ccccc1C(C)(C)C. The van der Waals surface area contributed by atoms with Gasteiger partial charge in [-0.05, 0) is 24.6 Å². The third-order valence-corrected chi connectivity index (χ3v) is 3.15. The van der Waals surface area contributed by atoms with Gasteiger partial charge in [0, 0.05) is 23.9 Å². The molecule has 20 heavy (non-hydrogen) atoms. The molecule has 0 fully saturated rings. The number of hydrogen-bond donors (Lipinski definition) is 1. The van der Waals surface area contributed by atoms with Crippen molar-refractivity contribution in [2.75, 3.05) is 7.05 Å². The van der Waals surface area contributed by atoms with Crippen molar-refractivity contribution in [1.82, 2.24) is 10.3 Å². The molecule has 3 heteroatoms. The van der Waals surface area contributed by atoms with Crippen molar-refractivity contribution in [2.24, 2.45) is 0 Å². The Kier molecular flexibility index (Phi) is 4.40. The molecule has 0 saturated carbocycles. The van der Waals surface area contributed by atoms with Gasteiger partial charge in [-0.15, -0.1) is 0 Å². The second-order valence-corrected chi connectivity index (χ2v) is 5.86. The highest BCUT2D eigenvalue weighted by atomic mass is 16.5. The van der Waals surface area contributed by atoms with E-state index in [9.17, 15) is 0 Å². The summed E-state index contributed by atoms with van der Waals surface area (Å²) in [7, 11) is 1.92. The summed E-state index contributed by atoms with van der Waals surface area (Å²) in [6.45, 7) is 7.32. The zero-order valence-corrected chi connectivity index (χ0v) is 12.6. The summed E-state index contributed by atoms with van der Waals surface area (Å²) in [6, 6.07) is 10.1. The van der Waals surface area contributed by atoms with Crippen LogP contribution < -0.4 is 10.1 Å². The molecule has 0 aliphatic rings. The fourth-order valence-corrected chi connectivity index (χ4v) is 2.13. The fourth-order valence-electron chi connectivity index (χ4n) is 2.13. The Hall–Kier alpha value is -1.87. The van der Waals surface area contributed by atoms with Crippen molar-refractivity contribution in [3.8, 4) is 11.5 Å². The topological polar surface area (TPSA) is 34.2 Å². The summed E-state index contributed by atoms with van der Waals surface area (Å²) in [5.74, 6) is 1.70. The largest absolute Gasteiger partial charge is 0.455 e. The summed E-state index contributed by atoms with van der Waals surface area (Å²) in [5.41, 5.74) is 2.34. The molecule has 1 aromatic carbocycles. The van der Waals surface area contributed by atoms with Gasteiger partial charge in [-0.2, -0.15) is 0 Å². The van der Waals surface area contributed by atoms with Crippen LogP contribution in [0.2, 0.25) is 0 Å². The van der Waals surface area contributed by atoms with E-state index in [0.717, 1.165) is 23.6 Å². The number of pyridine rings is 1. The van der Waals surface area contributed by atoms with Gasteiger partial charge in [0.05, 0.1) is 6.20 Å². The van der Waals surface area contributed by atoms with Crippen LogP contribution in [-0.4, -0.2) is 12.0 Å². The molecule has 0 saturated heterocycles. The van der Waals surface area contributed by atoms with E-state index < -0.39 is 0 Å². The van der Waals surface area contributed by atoms with Crippen LogP contribution in [0.25, 0.3) is 0 Å². The molecule has 2 aromatic rings. The van der Waals surface area contributed by atoms with Crippen LogP contribution in [0.3, 0.4) is 0 Å². The van der Waals surface area contributed by atoms with Gasteiger partial charge in [-0.3, -0.25) is 4.98 Å². The van der Waals surface area contributed by atoms with Crippen molar-refractivity contribution in [1.29, 1.82) is 0 Å². The number of aromatic nitrogens is 1. The first kappa shape index (κ1) is 14.5. The number of nitrogens with zero attached hydrogens (tertiary/aromatic N) is 1. The summed E-state index contributed by atoms with van der Waals surface area (Å²) in [5, 5.41) is 3.15. The van der Waals surface area contributed by atoms with Crippen molar-refractivity contribution in [3.63, 3.8) is 0 Å². The molecular weight excluding hydrogens is 248 g/mol. The summed E-state index contributed by atoms with van der Waals surface area (Å²) in [6.07, 6.45) is 3.56. The molecule has 1 aromatic heterocycles. The third-order valence-electron chi connectivity index (χ3n) is 3.15. The van der Waals surface area contributed by atoms with Crippen LogP contribution in [0.15, 0.2) is 42.7 Å². The standard InChI is InChI=1S/C17H22N2O/c1-17(2,3)14-7-5-6-8-15(14)20-16-12-19-10-9-13(16)11-18-4/h5-10,12,18H,11H2,1-4H3. The van der Waals surface area contributed by atoms with E-state index in [1.165, 1.54) is 5.56 Å². The molecule has 0 radical (unpaired) electrons. The molecule has 0 unspecified atom stereocenters. The van der Waals surface area contributed by atoms with Gasteiger partial charge in [0.1, 0.15) is 11.5 Å². The highest BCUT2D eigenvalue weighted by molar-refractivity contribution is 5.43. The lowest BCUT2D eigenvalue weighted by Crippen LogP contribution is -2.13. The first-order valence-corrected chi connectivity index (χ1v) is 6.87. The van der Waals surface area contributed by atoms with Crippen LogP contribution in [0.4, 0.5) is 0 Å². The number of hydrogen-bond acceptors (Lipinski definition) is 3. The molecule has 0 atom stereocenters. The summed E-state index contributed by atoms with van der Waals surface area (Å²) >= 11 is 0. The van der Waals surface area contributed by atoms with Crippen LogP contribution in [0.1, 0.15) is 31.9 Å². The molecule has 0 aliphatic heterocycles. The molecule has 3 nitrogen and oxygen atoms in total. The van der Waals surface area contributed by atoms with E-state index in [1.54, 1.807) is 12.4 Å². The Bertz CT molecular complexity index is 573. The zero-order chi connectivity index (χ0) is 14.6. The minimum absolute atomic E-state index is 0.0436. The van der Waals surface area contributed by atoms with Gasteiger partial charge >= 0.3 is 0 Å². The maximum atomic E-state index is 6.12. The second kappa shape index (κ2) is 6.06. The van der Waals surface area contributed by atoms with E-state index in [4.69, 9.17) is 4.74 Å². The van der Waals surface area contributed by atoms with Gasteiger partial charge in [-0.1, -0.05) is 39.0 Å². The molecule has 0 aliphatic carbocycles. The monoisotopic (exact) mass is 270 g/mol. The highest BCUT2D eigenvalue weighted by Crippen LogP contribution is 2.34. The minimum Gasteiger partial charge on any atom is -0.455 e. The first-order chi connectivity index (χ1) is 9.52. The molecule has 0 spiro atoms. The highest BCUT2D eigenvalue weighted by Gasteiger charge is 2.19. The molecule has 0 bridgehead atoms. The Morgan fingerprint density at radius 3 is 2.55 bits per heavy atom. The van der Waals surface area contributed by atoms with Gasteiger partial charge in [0.25, 0.3) is 0 Å². The van der Waals surface area contributed by atoms with Crippen molar-refractivity contribution in [3.05, 3.63) is 53.9 Å². The quantitative estimate of drug-likeness (QED) is 0.915. The lowest BCUT2D eigenvalue weighted by atomic mass is 9.86. The molecule has 1 N–H and O–H groups in total. The first-order valence-electron chi connectivity index (χ1n) is 6.87. The maximum Gasteiger partial charge on any atom is 0.150 e. The molecule has 2 rings (SSSR count). The Balaban J connectivity index is 2.36. The number of nitrogens with one attached hydrogen (secondary N) is 1. The molecule has 106 valence electrons. The Morgan fingerprint density at radius 2 is 1.85 bits per heavy atom. The molecular formula is C17H22N2O. The van der Waals surface area contributed by atoms with Gasteiger partial charge < -0.3 is 10.1 Å². The van der Waals surface area contributed by atoms with Crippen LogP contribution >= 0.6 is 0 Å². The zero-order valence-electron chi connectivity index (χ0n) is 12.6. The molecule has 0 amide bonds. The predicted octanol–water partition coefficient (Wildman–Crippen LogP) is 3.89. The van der Waals surface area contributed by atoms with Crippen LogP contribution in [-0.2, 0) is 12.0 Å². The number of rotatable bonds is 4. The Labute approximate surface area is 121 Å². The predicted molar refractivity (Wildman–Crippen MR) is 82.2 cm³/mol. The van der Waals surface area contributed by atoms with Crippen molar-refractivity contribution < 1.29 is 4.74 Å². The fraction of sp³-hybridized carbons (Fsp3) is 0.353. The van der Waals surface area contributed by atoms with Gasteiger partial charge in [0.15, 0.2) is 0 Å². The van der Waals surface area contributed by atoms with Gasteiger partial charge in [-0.25, -0.2) is 0 Å². The Morgan fingerprint density at radius 1 is 1.10 bits per heavy atom. The smallest absolute Gasteiger partial charge is 0.150 e. The maximum absolute atomic E-state index is 6.12. The summed E-state index contributed by atoms with van der Waals surface area (Å²) in [4.78, 5) is 4.16. The minimum atomic E-state index is 0.0436. The molecule has 1 heterocycles. The van der Waals surface area contributed by atoms with E-state index in [0.29, 0.717) is 0 Å². The number of ether oxygens (including phenoxy) is 1. The average Bonchev–Trinajstić information content (AvgIpc) is 2.41. The lowest BCUT2D eigenvalue weighted by Gasteiger charge is -2.23.